The summed E-state index contributed by atoms with van der Waals surface area (Å²) in [5.41, 5.74) is 4.25. The summed E-state index contributed by atoms with van der Waals surface area (Å²) in [4.78, 5) is 17.5. The van der Waals surface area contributed by atoms with Crippen molar-refractivity contribution >= 4 is 16.9 Å². The first-order valence-electron chi connectivity index (χ1n) is 9.59. The van der Waals surface area contributed by atoms with E-state index in [9.17, 15) is 4.79 Å². The smallest absolute Gasteiger partial charge is 0.231 e. The number of piperidine rings is 1. The molecule has 140 valence electrons. The fraction of sp³-hybridized carbons (Fsp3) is 0.364. The van der Waals surface area contributed by atoms with Crippen LogP contribution in [0.4, 0.5) is 0 Å². The average Bonchev–Trinajstić information content (AvgIpc) is 3.13. The van der Waals surface area contributed by atoms with Gasteiger partial charge in [0.25, 0.3) is 0 Å². The number of methoxy groups -OCH3 is 1. The van der Waals surface area contributed by atoms with E-state index in [1.807, 2.05) is 53.4 Å². The Morgan fingerprint density at radius 2 is 2.00 bits per heavy atom. The van der Waals surface area contributed by atoms with Crippen molar-refractivity contribution in [1.29, 1.82) is 0 Å². The number of benzene rings is 1. The van der Waals surface area contributed by atoms with Crippen LogP contribution in [-0.2, 0) is 6.42 Å². The van der Waals surface area contributed by atoms with Gasteiger partial charge in [0.05, 0.1) is 18.1 Å². The quantitative estimate of drug-likeness (QED) is 0.749. The molecule has 4 rings (SSSR count). The SMILES string of the molecule is COc1ccc(CCC(=O)n2cc(C3CCNCC3)c3ncccc32)cc1. The summed E-state index contributed by atoms with van der Waals surface area (Å²) >= 11 is 0. The minimum absolute atomic E-state index is 0.115. The Morgan fingerprint density at radius 1 is 1.22 bits per heavy atom. The minimum Gasteiger partial charge on any atom is -0.497 e. The molecule has 0 unspecified atom stereocenters. The Balaban J connectivity index is 1.55. The number of fused-ring (bicyclic) bond motifs is 1. The van der Waals surface area contributed by atoms with E-state index < -0.39 is 0 Å². The van der Waals surface area contributed by atoms with Crippen LogP contribution in [0.25, 0.3) is 11.0 Å². The normalized spacial score (nSPS) is 15.1. The van der Waals surface area contributed by atoms with E-state index in [-0.39, 0.29) is 5.91 Å². The largest absolute Gasteiger partial charge is 0.497 e. The van der Waals surface area contributed by atoms with Crippen LogP contribution in [0.15, 0.2) is 48.8 Å². The first-order valence-corrected chi connectivity index (χ1v) is 9.59. The summed E-state index contributed by atoms with van der Waals surface area (Å²) < 4.78 is 7.00. The molecule has 0 amide bonds. The summed E-state index contributed by atoms with van der Waals surface area (Å²) in [6.45, 7) is 2.05. The predicted octanol–water partition coefficient (Wildman–Crippen LogP) is 3.78. The number of rotatable bonds is 5. The second-order valence-electron chi connectivity index (χ2n) is 7.09. The number of ether oxygens (including phenoxy) is 1. The van der Waals surface area contributed by atoms with Gasteiger partial charge in [-0.2, -0.15) is 0 Å². The van der Waals surface area contributed by atoms with Crippen LogP contribution >= 0.6 is 0 Å². The van der Waals surface area contributed by atoms with Crippen molar-refractivity contribution in [3.63, 3.8) is 0 Å². The molecule has 1 aromatic carbocycles. The zero-order valence-corrected chi connectivity index (χ0v) is 15.6. The van der Waals surface area contributed by atoms with Gasteiger partial charge >= 0.3 is 0 Å². The van der Waals surface area contributed by atoms with Gasteiger partial charge in [0, 0.05) is 18.8 Å². The number of aromatic nitrogens is 2. The van der Waals surface area contributed by atoms with Crippen molar-refractivity contribution in [2.75, 3.05) is 20.2 Å². The molecule has 0 aliphatic carbocycles. The summed E-state index contributed by atoms with van der Waals surface area (Å²) in [5, 5.41) is 3.41. The molecule has 1 saturated heterocycles. The highest BCUT2D eigenvalue weighted by atomic mass is 16.5. The van der Waals surface area contributed by atoms with E-state index in [0.717, 1.165) is 48.3 Å². The summed E-state index contributed by atoms with van der Waals surface area (Å²) in [5.74, 6) is 1.42. The number of pyridine rings is 1. The van der Waals surface area contributed by atoms with Crippen LogP contribution < -0.4 is 10.1 Å². The van der Waals surface area contributed by atoms with Crippen LogP contribution in [-0.4, -0.2) is 35.7 Å². The maximum Gasteiger partial charge on any atom is 0.231 e. The summed E-state index contributed by atoms with van der Waals surface area (Å²) in [6, 6.07) is 11.8. The third-order valence-corrected chi connectivity index (χ3v) is 5.42. The third kappa shape index (κ3) is 3.74. The number of carbonyl (C=O) groups excluding carboxylic acids is 1. The Morgan fingerprint density at radius 3 is 2.74 bits per heavy atom. The Bertz CT molecular complexity index is 924. The molecule has 2 aromatic heterocycles. The number of hydrogen-bond donors (Lipinski definition) is 1. The van der Waals surface area contributed by atoms with Gasteiger partial charge in [0.1, 0.15) is 5.75 Å². The molecule has 1 N–H and O–H groups in total. The lowest BCUT2D eigenvalue weighted by atomic mass is 9.91. The molecule has 0 bridgehead atoms. The fourth-order valence-electron chi connectivity index (χ4n) is 3.89. The van der Waals surface area contributed by atoms with E-state index in [2.05, 4.69) is 10.3 Å². The molecule has 1 fully saturated rings. The Hall–Kier alpha value is -2.66. The third-order valence-electron chi connectivity index (χ3n) is 5.42. The number of nitrogens with zero attached hydrogens (tertiary/aromatic N) is 2. The van der Waals surface area contributed by atoms with E-state index in [1.165, 1.54) is 5.56 Å². The van der Waals surface area contributed by atoms with Gasteiger partial charge in [0.2, 0.25) is 5.91 Å². The lowest BCUT2D eigenvalue weighted by molar-refractivity contribution is 0.0908. The molecule has 3 heterocycles. The summed E-state index contributed by atoms with van der Waals surface area (Å²) in [7, 11) is 1.66. The second-order valence-corrected chi connectivity index (χ2v) is 7.09. The molecule has 0 spiro atoms. The van der Waals surface area contributed by atoms with Crippen molar-refractivity contribution in [2.24, 2.45) is 0 Å². The van der Waals surface area contributed by atoms with Crippen molar-refractivity contribution in [3.8, 4) is 5.75 Å². The molecule has 5 nitrogen and oxygen atoms in total. The van der Waals surface area contributed by atoms with Gasteiger partial charge in [-0.25, -0.2) is 0 Å². The highest BCUT2D eigenvalue weighted by Gasteiger charge is 2.22. The van der Waals surface area contributed by atoms with Gasteiger partial charge < -0.3 is 10.1 Å². The molecular weight excluding hydrogens is 338 g/mol. The number of aryl methyl sites for hydroxylation is 1. The lowest BCUT2D eigenvalue weighted by Crippen LogP contribution is -2.26. The fourth-order valence-corrected chi connectivity index (χ4v) is 3.89. The zero-order chi connectivity index (χ0) is 18.6. The van der Waals surface area contributed by atoms with Gasteiger partial charge in [0.15, 0.2) is 0 Å². The number of nitrogens with one attached hydrogen (secondary N) is 1. The van der Waals surface area contributed by atoms with Crippen molar-refractivity contribution < 1.29 is 9.53 Å². The Kier molecular flexibility index (Phi) is 5.21. The lowest BCUT2D eigenvalue weighted by Gasteiger charge is -2.21. The second kappa shape index (κ2) is 7.92. The molecular formula is C22H25N3O2. The first kappa shape index (κ1) is 17.7. The standard InChI is InChI=1S/C22H25N3O2/c1-27-18-7-4-16(5-8-18)6-9-21(26)25-15-19(17-10-13-23-14-11-17)22-20(25)3-2-12-24-22/h2-5,7-8,12,15,17,23H,6,9-11,13-14H2,1H3. The number of hydrogen-bond acceptors (Lipinski definition) is 4. The van der Waals surface area contributed by atoms with Crippen LogP contribution in [0, 0.1) is 0 Å². The highest BCUT2D eigenvalue weighted by molar-refractivity contribution is 5.92. The maximum atomic E-state index is 12.9. The van der Waals surface area contributed by atoms with Gasteiger partial charge in [-0.3, -0.25) is 14.3 Å². The molecule has 1 aliphatic rings. The average molecular weight is 363 g/mol. The number of carbonyl (C=O) groups is 1. The van der Waals surface area contributed by atoms with E-state index in [1.54, 1.807) is 7.11 Å². The maximum absolute atomic E-state index is 12.9. The molecule has 3 aromatic rings. The molecule has 5 heteroatoms. The van der Waals surface area contributed by atoms with Gasteiger partial charge in [-0.05, 0) is 73.7 Å². The van der Waals surface area contributed by atoms with Crippen molar-refractivity contribution in [2.45, 2.75) is 31.6 Å². The summed E-state index contributed by atoms with van der Waals surface area (Å²) in [6.07, 6.45) is 7.22. The van der Waals surface area contributed by atoms with Crippen LogP contribution in [0.3, 0.4) is 0 Å². The van der Waals surface area contributed by atoms with E-state index >= 15 is 0 Å². The molecule has 0 radical (unpaired) electrons. The topological polar surface area (TPSA) is 56.1 Å². The van der Waals surface area contributed by atoms with Gasteiger partial charge in [-0.1, -0.05) is 12.1 Å². The van der Waals surface area contributed by atoms with Crippen LogP contribution in [0.5, 0.6) is 5.75 Å². The molecule has 27 heavy (non-hydrogen) atoms. The van der Waals surface area contributed by atoms with Gasteiger partial charge in [-0.15, -0.1) is 0 Å². The molecule has 0 atom stereocenters. The van der Waals surface area contributed by atoms with Crippen LogP contribution in [0.2, 0.25) is 0 Å². The highest BCUT2D eigenvalue weighted by Crippen LogP contribution is 2.32. The zero-order valence-electron chi connectivity index (χ0n) is 15.6. The Labute approximate surface area is 159 Å². The minimum atomic E-state index is 0.115. The predicted molar refractivity (Wildman–Crippen MR) is 107 cm³/mol. The van der Waals surface area contributed by atoms with E-state index in [0.29, 0.717) is 18.8 Å². The monoisotopic (exact) mass is 363 g/mol. The molecule has 1 aliphatic heterocycles. The van der Waals surface area contributed by atoms with E-state index in [4.69, 9.17) is 4.74 Å². The van der Waals surface area contributed by atoms with Crippen molar-refractivity contribution in [3.05, 3.63) is 59.9 Å². The first-order chi connectivity index (χ1) is 13.3. The van der Waals surface area contributed by atoms with Crippen molar-refractivity contribution in [1.82, 2.24) is 14.9 Å². The van der Waals surface area contributed by atoms with Crippen LogP contribution in [0.1, 0.15) is 41.1 Å². The molecule has 0 saturated carbocycles.